The van der Waals surface area contributed by atoms with Crippen LogP contribution in [0.1, 0.15) is 12.0 Å². The second-order valence-corrected chi connectivity index (χ2v) is 3.60. The van der Waals surface area contributed by atoms with Gasteiger partial charge in [-0.3, -0.25) is 0 Å². The average molecular weight is 207 g/mol. The van der Waals surface area contributed by atoms with Gasteiger partial charge in [-0.2, -0.15) is 0 Å². The molecule has 2 N–H and O–H groups in total. The summed E-state index contributed by atoms with van der Waals surface area (Å²) in [7, 11) is 1.38. The number of hydrogen-bond acceptors (Lipinski definition) is 4. The van der Waals surface area contributed by atoms with E-state index in [2.05, 4.69) is 10.1 Å². The van der Waals surface area contributed by atoms with Crippen molar-refractivity contribution in [3.8, 4) is 5.75 Å². The number of benzene rings is 1. The lowest BCUT2D eigenvalue weighted by Crippen LogP contribution is -2.34. The van der Waals surface area contributed by atoms with Crippen molar-refractivity contribution in [2.45, 2.75) is 18.9 Å². The van der Waals surface area contributed by atoms with Crippen LogP contribution in [0.3, 0.4) is 0 Å². The first-order valence-electron chi connectivity index (χ1n) is 4.87. The molecule has 0 spiro atoms. The van der Waals surface area contributed by atoms with E-state index in [9.17, 15) is 9.90 Å². The van der Waals surface area contributed by atoms with Crippen molar-refractivity contribution in [1.29, 1.82) is 0 Å². The first-order chi connectivity index (χ1) is 7.20. The zero-order valence-corrected chi connectivity index (χ0v) is 8.49. The van der Waals surface area contributed by atoms with Gasteiger partial charge in [-0.25, -0.2) is 4.79 Å². The number of carbonyl (C=O) groups is 1. The number of phenols is 1. The summed E-state index contributed by atoms with van der Waals surface area (Å²) in [5, 5.41) is 12.4. The lowest BCUT2D eigenvalue weighted by atomic mass is 9.98. The standard InChI is InChI=1S/C11H13NO3/c1-15-11(14)9-5-3-7-2-4-8(13)6-10(7)12-9/h2,4,6,9,12-13H,3,5H2,1H3. The number of rotatable bonds is 1. The number of ether oxygens (including phenoxy) is 1. The van der Waals surface area contributed by atoms with E-state index in [1.807, 2.05) is 6.07 Å². The molecule has 0 aliphatic carbocycles. The molecular formula is C11H13NO3. The molecule has 1 aromatic carbocycles. The SMILES string of the molecule is COC(=O)C1CCc2ccc(O)cc2N1. The van der Waals surface area contributed by atoms with Crippen LogP contribution in [-0.2, 0) is 16.0 Å². The smallest absolute Gasteiger partial charge is 0.328 e. The maximum atomic E-state index is 11.3. The maximum Gasteiger partial charge on any atom is 0.328 e. The van der Waals surface area contributed by atoms with Crippen molar-refractivity contribution in [1.82, 2.24) is 0 Å². The second-order valence-electron chi connectivity index (χ2n) is 3.60. The van der Waals surface area contributed by atoms with Crippen LogP contribution in [0.4, 0.5) is 5.69 Å². The summed E-state index contributed by atoms with van der Waals surface area (Å²) in [5.74, 6) is -0.0595. The Hall–Kier alpha value is -1.71. The minimum absolute atomic E-state index is 0.201. The van der Waals surface area contributed by atoms with Crippen molar-refractivity contribution >= 4 is 11.7 Å². The van der Waals surface area contributed by atoms with Gasteiger partial charge in [0.15, 0.2) is 0 Å². The van der Waals surface area contributed by atoms with Crippen LogP contribution >= 0.6 is 0 Å². The van der Waals surface area contributed by atoms with Gasteiger partial charge in [0.1, 0.15) is 11.8 Å². The normalized spacial score (nSPS) is 18.9. The highest BCUT2D eigenvalue weighted by Crippen LogP contribution is 2.28. The fourth-order valence-corrected chi connectivity index (χ4v) is 1.80. The summed E-state index contributed by atoms with van der Waals surface area (Å²) in [6.07, 6.45) is 1.55. The van der Waals surface area contributed by atoms with Crippen molar-refractivity contribution in [3.63, 3.8) is 0 Å². The number of hydrogen-bond donors (Lipinski definition) is 2. The minimum atomic E-state index is -0.302. The Morgan fingerprint density at radius 1 is 1.60 bits per heavy atom. The van der Waals surface area contributed by atoms with Gasteiger partial charge in [0.05, 0.1) is 7.11 Å². The number of anilines is 1. The van der Waals surface area contributed by atoms with E-state index in [0.29, 0.717) is 0 Å². The van der Waals surface area contributed by atoms with E-state index >= 15 is 0 Å². The molecule has 1 unspecified atom stereocenters. The third kappa shape index (κ3) is 1.88. The summed E-state index contributed by atoms with van der Waals surface area (Å²) in [6.45, 7) is 0. The predicted octanol–water partition coefficient (Wildman–Crippen LogP) is 1.29. The fourth-order valence-electron chi connectivity index (χ4n) is 1.80. The molecule has 0 saturated heterocycles. The molecular weight excluding hydrogens is 194 g/mol. The molecule has 1 aromatic rings. The summed E-state index contributed by atoms with van der Waals surface area (Å²) in [4.78, 5) is 11.3. The third-order valence-corrected chi connectivity index (χ3v) is 2.61. The molecule has 1 aliphatic rings. The van der Waals surface area contributed by atoms with E-state index in [1.165, 1.54) is 7.11 Å². The first kappa shape index (κ1) is 9.83. The molecule has 4 nitrogen and oxygen atoms in total. The van der Waals surface area contributed by atoms with Crippen molar-refractivity contribution < 1.29 is 14.6 Å². The van der Waals surface area contributed by atoms with Crippen LogP contribution in [0.15, 0.2) is 18.2 Å². The fraction of sp³-hybridized carbons (Fsp3) is 0.364. The van der Waals surface area contributed by atoms with Gasteiger partial charge in [0.25, 0.3) is 0 Å². The Balaban J connectivity index is 2.22. The lowest BCUT2D eigenvalue weighted by molar-refractivity contribution is -0.141. The van der Waals surface area contributed by atoms with Crippen LogP contribution in [0, 0.1) is 0 Å². The number of fused-ring (bicyclic) bond motifs is 1. The van der Waals surface area contributed by atoms with E-state index in [0.717, 1.165) is 24.1 Å². The number of aromatic hydroxyl groups is 1. The van der Waals surface area contributed by atoms with Crippen LogP contribution in [0.25, 0.3) is 0 Å². The quantitative estimate of drug-likeness (QED) is 0.681. The number of phenolic OH excluding ortho intramolecular Hbond substituents is 1. The van der Waals surface area contributed by atoms with Gasteiger partial charge >= 0.3 is 5.97 Å². The third-order valence-electron chi connectivity index (χ3n) is 2.61. The topological polar surface area (TPSA) is 58.6 Å². The Morgan fingerprint density at radius 3 is 3.13 bits per heavy atom. The molecule has 1 aliphatic heterocycles. The lowest BCUT2D eigenvalue weighted by Gasteiger charge is -2.25. The number of aryl methyl sites for hydroxylation is 1. The molecule has 0 saturated carbocycles. The Morgan fingerprint density at radius 2 is 2.40 bits per heavy atom. The largest absolute Gasteiger partial charge is 0.508 e. The van der Waals surface area contributed by atoms with E-state index < -0.39 is 0 Å². The Labute approximate surface area is 87.9 Å². The summed E-state index contributed by atoms with van der Waals surface area (Å²) >= 11 is 0. The van der Waals surface area contributed by atoms with Gasteiger partial charge < -0.3 is 15.2 Å². The predicted molar refractivity (Wildman–Crippen MR) is 55.9 cm³/mol. The molecule has 4 heteroatoms. The molecule has 0 fully saturated rings. The highest BCUT2D eigenvalue weighted by molar-refractivity contribution is 5.80. The molecule has 0 radical (unpaired) electrons. The number of methoxy groups -OCH3 is 1. The maximum absolute atomic E-state index is 11.3. The van der Waals surface area contributed by atoms with Gasteiger partial charge in [0.2, 0.25) is 0 Å². The molecule has 15 heavy (non-hydrogen) atoms. The molecule has 80 valence electrons. The second kappa shape index (κ2) is 3.81. The van der Waals surface area contributed by atoms with Gasteiger partial charge in [-0.15, -0.1) is 0 Å². The zero-order chi connectivity index (χ0) is 10.8. The van der Waals surface area contributed by atoms with Crippen LogP contribution < -0.4 is 5.32 Å². The zero-order valence-electron chi connectivity index (χ0n) is 8.49. The number of carbonyl (C=O) groups excluding carboxylic acids is 1. The van der Waals surface area contributed by atoms with Gasteiger partial charge in [-0.05, 0) is 24.5 Å². The van der Waals surface area contributed by atoms with Crippen molar-refractivity contribution in [3.05, 3.63) is 23.8 Å². The molecule has 2 rings (SSSR count). The summed E-state index contributed by atoms with van der Waals surface area (Å²) in [6, 6.07) is 4.85. The van der Waals surface area contributed by atoms with Crippen LogP contribution in [0.5, 0.6) is 5.75 Å². The first-order valence-corrected chi connectivity index (χ1v) is 4.87. The number of nitrogens with one attached hydrogen (secondary N) is 1. The summed E-state index contributed by atoms with van der Waals surface area (Å²) < 4.78 is 4.67. The molecule has 1 atom stereocenters. The highest BCUT2D eigenvalue weighted by Gasteiger charge is 2.24. The molecule has 0 aromatic heterocycles. The van der Waals surface area contributed by atoms with Crippen molar-refractivity contribution in [2.75, 3.05) is 12.4 Å². The van der Waals surface area contributed by atoms with Crippen molar-refractivity contribution in [2.24, 2.45) is 0 Å². The van der Waals surface area contributed by atoms with E-state index in [-0.39, 0.29) is 17.8 Å². The van der Waals surface area contributed by atoms with E-state index in [4.69, 9.17) is 0 Å². The highest BCUT2D eigenvalue weighted by atomic mass is 16.5. The van der Waals surface area contributed by atoms with Crippen LogP contribution in [-0.4, -0.2) is 24.2 Å². The molecule has 0 bridgehead atoms. The minimum Gasteiger partial charge on any atom is -0.508 e. The Kier molecular flexibility index (Phi) is 2.49. The van der Waals surface area contributed by atoms with Crippen LogP contribution in [0.2, 0.25) is 0 Å². The molecule has 0 amide bonds. The molecule has 1 heterocycles. The van der Waals surface area contributed by atoms with Gasteiger partial charge in [0, 0.05) is 11.8 Å². The van der Waals surface area contributed by atoms with Gasteiger partial charge in [-0.1, -0.05) is 6.07 Å². The average Bonchev–Trinajstić information content (AvgIpc) is 2.27. The Bertz CT molecular complexity index is 389. The number of esters is 1. The summed E-state index contributed by atoms with van der Waals surface area (Å²) in [5.41, 5.74) is 1.93. The van der Waals surface area contributed by atoms with E-state index in [1.54, 1.807) is 12.1 Å². The monoisotopic (exact) mass is 207 g/mol.